The van der Waals surface area contributed by atoms with E-state index in [1.807, 2.05) is 32.9 Å². The molecule has 3 nitrogen and oxygen atoms in total. The number of fused-ring (bicyclic) bond motifs is 1. The molecule has 0 spiro atoms. The lowest BCUT2D eigenvalue weighted by Gasteiger charge is -2.20. The van der Waals surface area contributed by atoms with Gasteiger partial charge in [0.2, 0.25) is 5.79 Å². The zero-order valence-electron chi connectivity index (χ0n) is 10.4. The minimum Gasteiger partial charge on any atom is -0.449 e. The zero-order chi connectivity index (χ0) is 12.1. The zero-order valence-corrected chi connectivity index (χ0v) is 10.4. The Hall–Kier alpha value is -1.22. The fraction of sp³-hybridized carbons (Fsp3) is 0.538. The maximum atomic E-state index is 10.0. The van der Waals surface area contributed by atoms with Gasteiger partial charge in [0.25, 0.3) is 0 Å². The van der Waals surface area contributed by atoms with Crippen molar-refractivity contribution >= 4 is 0 Å². The Balaban J connectivity index is 2.49. The van der Waals surface area contributed by atoms with Gasteiger partial charge in [0.05, 0.1) is 5.60 Å². The van der Waals surface area contributed by atoms with Crippen molar-refractivity contribution in [2.75, 3.05) is 0 Å². The first-order valence-electron chi connectivity index (χ1n) is 5.44. The largest absolute Gasteiger partial charge is 0.449 e. The van der Waals surface area contributed by atoms with Gasteiger partial charge in [-0.1, -0.05) is 0 Å². The molecule has 0 fully saturated rings. The molecule has 2 rings (SSSR count). The van der Waals surface area contributed by atoms with Crippen LogP contribution in [0, 0.1) is 6.92 Å². The SMILES string of the molecule is Cc1cc2c(cc1C(C)(C)O)OC(C)(C)O2. The molecule has 0 saturated heterocycles. The predicted molar refractivity (Wildman–Crippen MR) is 61.8 cm³/mol. The molecule has 1 aromatic rings. The van der Waals surface area contributed by atoms with Crippen molar-refractivity contribution in [3.05, 3.63) is 23.3 Å². The third-order valence-electron chi connectivity index (χ3n) is 2.66. The molecule has 1 aromatic carbocycles. The average molecular weight is 222 g/mol. The lowest BCUT2D eigenvalue weighted by atomic mass is 9.93. The van der Waals surface area contributed by atoms with Crippen LogP contribution in [-0.4, -0.2) is 10.9 Å². The lowest BCUT2D eigenvalue weighted by molar-refractivity contribution is -0.0432. The smallest absolute Gasteiger partial charge is 0.246 e. The highest BCUT2D eigenvalue weighted by Gasteiger charge is 2.33. The molecule has 0 amide bonds. The highest BCUT2D eigenvalue weighted by molar-refractivity contribution is 5.50. The molecule has 0 aromatic heterocycles. The van der Waals surface area contributed by atoms with E-state index < -0.39 is 11.4 Å². The fourth-order valence-electron chi connectivity index (χ4n) is 2.03. The number of hydrogen-bond acceptors (Lipinski definition) is 3. The van der Waals surface area contributed by atoms with E-state index in [1.165, 1.54) is 0 Å². The predicted octanol–water partition coefficient (Wildman–Crippen LogP) is 2.73. The summed E-state index contributed by atoms with van der Waals surface area (Å²) in [4.78, 5) is 0. The third kappa shape index (κ3) is 1.87. The molecule has 0 saturated carbocycles. The van der Waals surface area contributed by atoms with Crippen LogP contribution in [0.5, 0.6) is 11.5 Å². The monoisotopic (exact) mass is 222 g/mol. The molecule has 0 unspecified atom stereocenters. The minimum absolute atomic E-state index is 0.618. The molecule has 0 atom stereocenters. The number of hydrogen-bond donors (Lipinski definition) is 1. The molecule has 0 radical (unpaired) electrons. The Labute approximate surface area is 96.0 Å². The maximum Gasteiger partial charge on any atom is 0.246 e. The summed E-state index contributed by atoms with van der Waals surface area (Å²) in [5.74, 6) is 0.829. The summed E-state index contributed by atoms with van der Waals surface area (Å²) in [5, 5.41) is 10.0. The van der Waals surface area contributed by atoms with E-state index in [0.29, 0.717) is 5.75 Å². The van der Waals surface area contributed by atoms with Crippen molar-refractivity contribution < 1.29 is 14.6 Å². The van der Waals surface area contributed by atoms with Gasteiger partial charge in [-0.05, 0) is 44.0 Å². The highest BCUT2D eigenvalue weighted by Crippen LogP contribution is 2.42. The Morgan fingerprint density at radius 2 is 1.62 bits per heavy atom. The summed E-state index contributed by atoms with van der Waals surface area (Å²) < 4.78 is 11.3. The normalized spacial score (nSPS) is 17.6. The standard InChI is InChI=1S/C13H18O3/c1-8-6-10-11(16-13(4,5)15-10)7-9(8)12(2,3)14/h6-7,14H,1-5H3. The van der Waals surface area contributed by atoms with E-state index in [-0.39, 0.29) is 0 Å². The van der Waals surface area contributed by atoms with Gasteiger partial charge in [-0.25, -0.2) is 0 Å². The van der Waals surface area contributed by atoms with Crippen LogP contribution in [0.15, 0.2) is 12.1 Å². The Morgan fingerprint density at radius 3 is 2.12 bits per heavy atom. The lowest BCUT2D eigenvalue weighted by Crippen LogP contribution is -2.29. The van der Waals surface area contributed by atoms with Gasteiger partial charge in [0, 0.05) is 13.8 Å². The van der Waals surface area contributed by atoms with Gasteiger partial charge >= 0.3 is 0 Å². The quantitative estimate of drug-likeness (QED) is 0.794. The molecule has 1 N–H and O–H groups in total. The molecule has 16 heavy (non-hydrogen) atoms. The second-order valence-corrected chi connectivity index (χ2v) is 5.28. The number of ether oxygens (including phenoxy) is 2. The van der Waals surface area contributed by atoms with Gasteiger partial charge in [0.1, 0.15) is 0 Å². The van der Waals surface area contributed by atoms with Crippen LogP contribution in [0.25, 0.3) is 0 Å². The topological polar surface area (TPSA) is 38.7 Å². The van der Waals surface area contributed by atoms with Crippen molar-refractivity contribution in [3.8, 4) is 11.5 Å². The molecule has 1 aliphatic rings. The summed E-state index contributed by atoms with van der Waals surface area (Å²) in [6.45, 7) is 9.23. The number of benzene rings is 1. The number of rotatable bonds is 1. The van der Waals surface area contributed by atoms with Crippen LogP contribution < -0.4 is 9.47 Å². The van der Waals surface area contributed by atoms with E-state index >= 15 is 0 Å². The second kappa shape index (κ2) is 3.14. The summed E-state index contributed by atoms with van der Waals surface area (Å²) in [6.07, 6.45) is 0. The minimum atomic E-state index is -0.866. The average Bonchev–Trinajstić information content (AvgIpc) is 2.34. The third-order valence-corrected chi connectivity index (χ3v) is 2.66. The van der Waals surface area contributed by atoms with E-state index in [9.17, 15) is 5.11 Å². The fourth-order valence-corrected chi connectivity index (χ4v) is 2.03. The summed E-state index contributed by atoms with van der Waals surface area (Å²) in [7, 11) is 0. The summed E-state index contributed by atoms with van der Waals surface area (Å²) >= 11 is 0. The first-order valence-corrected chi connectivity index (χ1v) is 5.44. The highest BCUT2D eigenvalue weighted by atomic mass is 16.7. The van der Waals surface area contributed by atoms with Crippen LogP contribution in [0.3, 0.4) is 0 Å². The van der Waals surface area contributed by atoms with E-state index in [2.05, 4.69) is 0 Å². The molecule has 3 heteroatoms. The van der Waals surface area contributed by atoms with Crippen LogP contribution in [0.2, 0.25) is 0 Å². The van der Waals surface area contributed by atoms with E-state index in [1.54, 1.807) is 13.8 Å². The van der Waals surface area contributed by atoms with Crippen molar-refractivity contribution in [1.82, 2.24) is 0 Å². The van der Waals surface area contributed by atoms with Gasteiger partial charge < -0.3 is 14.6 Å². The molecular weight excluding hydrogens is 204 g/mol. The molecule has 0 bridgehead atoms. The van der Waals surface area contributed by atoms with E-state index in [4.69, 9.17) is 9.47 Å². The van der Waals surface area contributed by atoms with Crippen molar-refractivity contribution in [1.29, 1.82) is 0 Å². The van der Waals surface area contributed by atoms with Gasteiger partial charge in [-0.2, -0.15) is 0 Å². The van der Waals surface area contributed by atoms with Crippen LogP contribution in [-0.2, 0) is 5.60 Å². The Kier molecular flexibility index (Phi) is 2.21. The van der Waals surface area contributed by atoms with Crippen LogP contribution >= 0.6 is 0 Å². The number of aryl methyl sites for hydroxylation is 1. The van der Waals surface area contributed by atoms with Crippen molar-refractivity contribution in [3.63, 3.8) is 0 Å². The molecular formula is C13H18O3. The van der Waals surface area contributed by atoms with Gasteiger partial charge in [-0.15, -0.1) is 0 Å². The Bertz CT molecular complexity index is 428. The first kappa shape index (κ1) is 11.3. The van der Waals surface area contributed by atoms with Crippen LogP contribution in [0.4, 0.5) is 0 Å². The molecule has 88 valence electrons. The first-order chi connectivity index (χ1) is 7.19. The summed E-state index contributed by atoms with van der Waals surface area (Å²) in [5.41, 5.74) is 1.01. The maximum absolute atomic E-state index is 10.0. The van der Waals surface area contributed by atoms with Crippen molar-refractivity contribution in [2.24, 2.45) is 0 Å². The molecule has 1 aliphatic heterocycles. The van der Waals surface area contributed by atoms with Gasteiger partial charge in [0.15, 0.2) is 11.5 Å². The van der Waals surface area contributed by atoms with Gasteiger partial charge in [-0.3, -0.25) is 0 Å². The van der Waals surface area contributed by atoms with Crippen molar-refractivity contribution in [2.45, 2.75) is 46.0 Å². The van der Waals surface area contributed by atoms with E-state index in [0.717, 1.165) is 16.9 Å². The molecule has 0 aliphatic carbocycles. The Morgan fingerprint density at radius 1 is 1.12 bits per heavy atom. The van der Waals surface area contributed by atoms with Crippen LogP contribution in [0.1, 0.15) is 38.8 Å². The molecule has 1 heterocycles. The second-order valence-electron chi connectivity index (χ2n) is 5.28. The number of aliphatic hydroxyl groups is 1. The summed E-state index contributed by atoms with van der Waals surface area (Å²) in [6, 6.07) is 3.77.